The summed E-state index contributed by atoms with van der Waals surface area (Å²) in [5, 5.41) is 3.32. The molecule has 118 valence electrons. The number of amides is 1. The molecule has 0 saturated carbocycles. The summed E-state index contributed by atoms with van der Waals surface area (Å²) in [6.45, 7) is 5.50. The van der Waals surface area contributed by atoms with Crippen molar-refractivity contribution in [1.82, 2.24) is 10.2 Å². The molecule has 3 nitrogen and oxygen atoms in total. The van der Waals surface area contributed by atoms with Crippen LogP contribution in [-0.2, 0) is 0 Å². The lowest BCUT2D eigenvalue weighted by molar-refractivity contribution is 0.0603. The maximum atomic E-state index is 12.4. The highest BCUT2D eigenvalue weighted by Crippen LogP contribution is 2.25. The highest BCUT2D eigenvalue weighted by molar-refractivity contribution is 7.99. The first kappa shape index (κ1) is 18.2. The lowest BCUT2D eigenvalue weighted by Gasteiger charge is -2.38. The van der Waals surface area contributed by atoms with E-state index in [1.807, 2.05) is 18.7 Å². The van der Waals surface area contributed by atoms with Crippen LogP contribution in [0.15, 0.2) is 29.2 Å². The van der Waals surface area contributed by atoms with Crippen LogP contribution >= 0.6 is 24.2 Å². The minimum Gasteiger partial charge on any atom is -0.333 e. The molecule has 0 spiro atoms. The molecule has 0 aliphatic carbocycles. The van der Waals surface area contributed by atoms with Crippen LogP contribution in [0.3, 0.4) is 0 Å². The Morgan fingerprint density at radius 3 is 2.52 bits per heavy atom. The molecule has 0 radical (unpaired) electrons. The van der Waals surface area contributed by atoms with Crippen molar-refractivity contribution in [3.8, 4) is 0 Å². The Labute approximate surface area is 133 Å². The number of hydrogen-bond donors (Lipinski definition) is 1. The van der Waals surface area contributed by atoms with E-state index in [9.17, 15) is 13.6 Å². The number of thioether (sulfide) groups is 1. The van der Waals surface area contributed by atoms with Gasteiger partial charge in [-0.1, -0.05) is 11.8 Å². The number of nitrogens with one attached hydrogen (secondary N) is 1. The molecule has 2 rings (SSSR count). The van der Waals surface area contributed by atoms with Gasteiger partial charge >= 0.3 is 0 Å². The van der Waals surface area contributed by atoms with Gasteiger partial charge in [0, 0.05) is 35.6 Å². The number of halogens is 3. The van der Waals surface area contributed by atoms with E-state index in [1.165, 1.54) is 0 Å². The van der Waals surface area contributed by atoms with Crippen molar-refractivity contribution >= 4 is 30.1 Å². The quantitative estimate of drug-likeness (QED) is 0.860. The number of hydrogen-bond acceptors (Lipinski definition) is 3. The Bertz CT molecular complexity index is 473. The van der Waals surface area contributed by atoms with Crippen molar-refractivity contribution in [3.05, 3.63) is 29.8 Å². The van der Waals surface area contributed by atoms with E-state index < -0.39 is 5.76 Å². The number of carbonyl (C=O) groups excluding carboxylic acids is 1. The van der Waals surface area contributed by atoms with E-state index in [0.29, 0.717) is 28.8 Å². The lowest BCUT2D eigenvalue weighted by atomic mass is 10.1. The van der Waals surface area contributed by atoms with Crippen LogP contribution in [0.5, 0.6) is 0 Å². The Hall–Kier alpha value is -0.850. The lowest BCUT2D eigenvalue weighted by Crippen LogP contribution is -2.57. The maximum absolute atomic E-state index is 12.4. The van der Waals surface area contributed by atoms with Gasteiger partial charge in [-0.05, 0) is 38.1 Å². The summed E-state index contributed by atoms with van der Waals surface area (Å²) in [4.78, 5) is 14.7. The number of rotatable bonds is 3. The number of benzene rings is 1. The predicted molar refractivity (Wildman–Crippen MR) is 83.5 cm³/mol. The monoisotopic (exact) mass is 336 g/mol. The second kappa shape index (κ2) is 7.96. The predicted octanol–water partition coefficient (Wildman–Crippen LogP) is 3.25. The van der Waals surface area contributed by atoms with Crippen LogP contribution in [0.25, 0.3) is 0 Å². The van der Waals surface area contributed by atoms with Crippen LogP contribution in [0.4, 0.5) is 8.78 Å². The van der Waals surface area contributed by atoms with Crippen LogP contribution < -0.4 is 5.32 Å². The summed E-state index contributed by atoms with van der Waals surface area (Å²) in [6.07, 6.45) is 0. The molecule has 0 bridgehead atoms. The third-order valence-corrected chi connectivity index (χ3v) is 4.34. The van der Waals surface area contributed by atoms with E-state index in [-0.39, 0.29) is 30.4 Å². The zero-order chi connectivity index (χ0) is 14.7. The SMILES string of the molecule is CC1NCCN(C(=O)c2ccc(SC(F)F)cc2)C1C.Cl. The second-order valence-electron chi connectivity index (χ2n) is 4.88. The molecule has 1 heterocycles. The molecule has 1 aromatic carbocycles. The second-order valence-corrected chi connectivity index (χ2v) is 5.95. The molecule has 1 amide bonds. The van der Waals surface area contributed by atoms with Crippen LogP contribution in [0.2, 0.25) is 0 Å². The average molecular weight is 337 g/mol. The fraction of sp³-hybridized carbons (Fsp3) is 0.500. The summed E-state index contributed by atoms with van der Waals surface area (Å²) >= 11 is 0.487. The minimum absolute atomic E-state index is 0. The van der Waals surface area contributed by atoms with E-state index in [2.05, 4.69) is 5.32 Å². The fourth-order valence-electron chi connectivity index (χ4n) is 2.29. The molecule has 1 saturated heterocycles. The van der Waals surface area contributed by atoms with Gasteiger partial charge in [0.1, 0.15) is 0 Å². The van der Waals surface area contributed by atoms with Gasteiger partial charge in [0.15, 0.2) is 0 Å². The number of nitrogens with zero attached hydrogens (tertiary/aromatic N) is 1. The standard InChI is InChI=1S/C14H18F2N2OS.ClH/c1-9-10(2)18(8-7-17-9)13(19)11-3-5-12(6-4-11)20-14(15)16;/h3-6,9-10,14,17H,7-8H2,1-2H3;1H. The Morgan fingerprint density at radius 1 is 1.33 bits per heavy atom. The molecular formula is C14H19ClF2N2OS. The van der Waals surface area contributed by atoms with Crippen LogP contribution in [0.1, 0.15) is 24.2 Å². The van der Waals surface area contributed by atoms with E-state index >= 15 is 0 Å². The largest absolute Gasteiger partial charge is 0.333 e. The Kier molecular flexibility index (Phi) is 6.90. The van der Waals surface area contributed by atoms with Gasteiger partial charge in [-0.25, -0.2) is 0 Å². The van der Waals surface area contributed by atoms with Crippen molar-refractivity contribution in [2.45, 2.75) is 36.6 Å². The van der Waals surface area contributed by atoms with Gasteiger partial charge in [-0.2, -0.15) is 8.78 Å². The van der Waals surface area contributed by atoms with Crippen molar-refractivity contribution in [3.63, 3.8) is 0 Å². The smallest absolute Gasteiger partial charge is 0.288 e. The number of piperazine rings is 1. The van der Waals surface area contributed by atoms with Crippen LogP contribution in [-0.4, -0.2) is 41.7 Å². The van der Waals surface area contributed by atoms with Crippen molar-refractivity contribution < 1.29 is 13.6 Å². The summed E-state index contributed by atoms with van der Waals surface area (Å²) in [5.74, 6) is -2.48. The molecule has 21 heavy (non-hydrogen) atoms. The first-order chi connectivity index (χ1) is 9.49. The van der Waals surface area contributed by atoms with E-state index in [0.717, 1.165) is 6.54 Å². The van der Waals surface area contributed by atoms with Gasteiger partial charge in [0.25, 0.3) is 11.7 Å². The molecule has 7 heteroatoms. The summed E-state index contributed by atoms with van der Waals surface area (Å²) in [7, 11) is 0. The summed E-state index contributed by atoms with van der Waals surface area (Å²) < 4.78 is 24.5. The molecule has 1 aliphatic rings. The Balaban J connectivity index is 0.00000220. The molecular weight excluding hydrogens is 318 g/mol. The normalized spacial score (nSPS) is 22.0. The molecule has 2 unspecified atom stereocenters. The van der Waals surface area contributed by atoms with Gasteiger partial charge in [0.2, 0.25) is 0 Å². The van der Waals surface area contributed by atoms with Crippen molar-refractivity contribution in [1.29, 1.82) is 0 Å². The van der Waals surface area contributed by atoms with Gasteiger partial charge in [-0.3, -0.25) is 4.79 Å². The molecule has 0 aromatic heterocycles. The molecule has 1 fully saturated rings. The highest BCUT2D eigenvalue weighted by Gasteiger charge is 2.28. The molecule has 1 aliphatic heterocycles. The third-order valence-electron chi connectivity index (χ3n) is 3.62. The maximum Gasteiger partial charge on any atom is 0.288 e. The van der Waals surface area contributed by atoms with Gasteiger partial charge in [0.05, 0.1) is 0 Å². The summed E-state index contributed by atoms with van der Waals surface area (Å²) in [6, 6.07) is 6.74. The topological polar surface area (TPSA) is 32.3 Å². The molecule has 1 N–H and O–H groups in total. The first-order valence-electron chi connectivity index (χ1n) is 6.58. The van der Waals surface area contributed by atoms with Crippen molar-refractivity contribution in [2.75, 3.05) is 13.1 Å². The average Bonchev–Trinajstić information content (AvgIpc) is 2.41. The zero-order valence-corrected chi connectivity index (χ0v) is 13.5. The number of carbonyl (C=O) groups is 1. The van der Waals surface area contributed by atoms with E-state index in [1.54, 1.807) is 24.3 Å². The fourth-order valence-corrected chi connectivity index (χ4v) is 2.79. The minimum atomic E-state index is -2.44. The van der Waals surface area contributed by atoms with Gasteiger partial charge < -0.3 is 10.2 Å². The highest BCUT2D eigenvalue weighted by atomic mass is 35.5. The van der Waals surface area contributed by atoms with E-state index in [4.69, 9.17) is 0 Å². The van der Waals surface area contributed by atoms with Gasteiger partial charge in [-0.15, -0.1) is 12.4 Å². The molecule has 1 aromatic rings. The first-order valence-corrected chi connectivity index (χ1v) is 7.46. The summed E-state index contributed by atoms with van der Waals surface area (Å²) in [5.41, 5.74) is 0.546. The zero-order valence-electron chi connectivity index (χ0n) is 11.9. The number of alkyl halides is 2. The van der Waals surface area contributed by atoms with Crippen LogP contribution in [0, 0.1) is 0 Å². The third kappa shape index (κ3) is 4.56. The van der Waals surface area contributed by atoms with Crippen molar-refractivity contribution in [2.24, 2.45) is 0 Å². The molecule has 2 atom stereocenters. The Morgan fingerprint density at radius 2 is 1.95 bits per heavy atom.